The third-order valence-electron chi connectivity index (χ3n) is 4.12. The minimum Gasteiger partial charge on any atom is -0.508 e. The molecule has 2 unspecified atom stereocenters. The molecule has 0 bridgehead atoms. The Hall–Kier alpha value is -2.24. The molecule has 2 amide bonds. The molecule has 0 fully saturated rings. The van der Waals surface area contributed by atoms with Gasteiger partial charge in [-0.15, -0.1) is 11.6 Å². The first-order valence-electron chi connectivity index (χ1n) is 8.56. The van der Waals surface area contributed by atoms with E-state index in [1.165, 1.54) is 6.92 Å². The first-order chi connectivity index (χ1) is 12.9. The number of halogens is 2. The van der Waals surface area contributed by atoms with Gasteiger partial charge in [0.15, 0.2) is 0 Å². The highest BCUT2D eigenvalue weighted by Gasteiger charge is 2.19. The Morgan fingerprint density at radius 3 is 2.19 bits per heavy atom. The van der Waals surface area contributed by atoms with Crippen molar-refractivity contribution in [2.75, 3.05) is 5.88 Å². The Kier molecular flexibility index (Phi) is 7.95. The molecule has 0 saturated heterocycles. The van der Waals surface area contributed by atoms with Crippen LogP contribution in [0.25, 0.3) is 0 Å². The average Bonchev–Trinajstić information content (AvgIpc) is 2.64. The van der Waals surface area contributed by atoms with E-state index in [0.717, 1.165) is 11.1 Å². The Morgan fingerprint density at radius 2 is 1.63 bits per heavy atom. The number of benzene rings is 2. The molecule has 3 N–H and O–H groups in total. The minimum atomic E-state index is -0.289. The smallest absolute Gasteiger partial charge is 0.235 e. The zero-order chi connectivity index (χ0) is 19.8. The Bertz CT molecular complexity index is 781. The number of phenols is 1. The number of hydrogen-bond donors (Lipinski definition) is 3. The second-order valence-corrected chi connectivity index (χ2v) is 6.93. The van der Waals surface area contributed by atoms with Gasteiger partial charge >= 0.3 is 0 Å². The summed E-state index contributed by atoms with van der Waals surface area (Å²) in [5.74, 6) is -0.407. The van der Waals surface area contributed by atoms with E-state index in [2.05, 4.69) is 10.6 Å². The molecule has 0 aliphatic rings. The van der Waals surface area contributed by atoms with Crippen molar-refractivity contribution in [1.29, 1.82) is 0 Å². The number of carbonyl (C=O) groups is 2. The molecule has 2 aromatic rings. The molecule has 2 atom stereocenters. The monoisotopic (exact) mass is 408 g/mol. The molecule has 0 aliphatic heterocycles. The maximum Gasteiger partial charge on any atom is 0.235 e. The van der Waals surface area contributed by atoms with Gasteiger partial charge in [-0.3, -0.25) is 9.59 Å². The number of aromatic hydroxyl groups is 1. The number of nitrogens with one attached hydrogen (secondary N) is 2. The lowest BCUT2D eigenvalue weighted by Gasteiger charge is -2.24. The number of amides is 2. The highest BCUT2D eigenvalue weighted by Crippen LogP contribution is 2.27. The van der Waals surface area contributed by atoms with Gasteiger partial charge < -0.3 is 15.7 Å². The van der Waals surface area contributed by atoms with Gasteiger partial charge in [-0.25, -0.2) is 0 Å². The summed E-state index contributed by atoms with van der Waals surface area (Å²) in [5.41, 5.74) is 1.74. The van der Waals surface area contributed by atoms with Gasteiger partial charge in [-0.2, -0.15) is 0 Å². The van der Waals surface area contributed by atoms with Crippen LogP contribution in [-0.4, -0.2) is 22.8 Å². The summed E-state index contributed by atoms with van der Waals surface area (Å²) in [4.78, 5) is 23.4. The largest absolute Gasteiger partial charge is 0.508 e. The van der Waals surface area contributed by atoms with Crippen molar-refractivity contribution in [3.05, 3.63) is 64.7 Å². The molecule has 0 radical (unpaired) electrons. The molecule has 5 nitrogen and oxygen atoms in total. The fraction of sp³-hybridized carbons (Fsp3) is 0.300. The predicted molar refractivity (Wildman–Crippen MR) is 107 cm³/mol. The van der Waals surface area contributed by atoms with Gasteiger partial charge in [-0.05, 0) is 48.2 Å². The minimum absolute atomic E-state index is 0.135. The van der Waals surface area contributed by atoms with Crippen molar-refractivity contribution >= 4 is 35.0 Å². The molecule has 27 heavy (non-hydrogen) atoms. The Morgan fingerprint density at radius 1 is 1.00 bits per heavy atom. The number of rotatable bonds is 8. The van der Waals surface area contributed by atoms with E-state index in [4.69, 9.17) is 23.2 Å². The molecule has 2 aromatic carbocycles. The molecule has 0 aliphatic carbocycles. The van der Waals surface area contributed by atoms with Crippen molar-refractivity contribution in [3.63, 3.8) is 0 Å². The standard InChI is InChI=1S/C20H22Cl2N2O3/c1-13(25)23-18(14-5-7-17(26)8-6-14)9-10-19(24-20(27)12-21)15-3-2-4-16(22)11-15/h2-8,11,18-19,26H,9-10,12H2,1H3,(H,23,25)(H,24,27). The van der Waals surface area contributed by atoms with Crippen LogP contribution in [0.1, 0.15) is 43.0 Å². The van der Waals surface area contributed by atoms with Crippen LogP contribution in [0.3, 0.4) is 0 Å². The number of phenolic OH excluding ortho intramolecular Hbond substituents is 1. The summed E-state index contributed by atoms with van der Waals surface area (Å²) in [7, 11) is 0. The van der Waals surface area contributed by atoms with Crippen molar-refractivity contribution < 1.29 is 14.7 Å². The summed E-state index contributed by atoms with van der Waals surface area (Å²) in [6.07, 6.45) is 1.14. The quantitative estimate of drug-likeness (QED) is 0.575. The van der Waals surface area contributed by atoms with Gasteiger partial charge in [0, 0.05) is 11.9 Å². The van der Waals surface area contributed by atoms with Gasteiger partial charge in [0.05, 0.1) is 12.1 Å². The van der Waals surface area contributed by atoms with Crippen molar-refractivity contribution in [1.82, 2.24) is 10.6 Å². The predicted octanol–water partition coefficient (Wildman–Crippen LogP) is 4.10. The molecule has 0 heterocycles. The molecule has 0 saturated carbocycles. The normalized spacial score (nSPS) is 12.9. The third-order valence-corrected chi connectivity index (χ3v) is 4.60. The zero-order valence-electron chi connectivity index (χ0n) is 14.9. The fourth-order valence-electron chi connectivity index (χ4n) is 2.89. The molecule has 0 aromatic heterocycles. The maximum atomic E-state index is 11.8. The van der Waals surface area contributed by atoms with Crippen LogP contribution in [0.4, 0.5) is 0 Å². The van der Waals surface area contributed by atoms with Crippen molar-refractivity contribution in [3.8, 4) is 5.75 Å². The maximum absolute atomic E-state index is 11.8. The highest BCUT2D eigenvalue weighted by atomic mass is 35.5. The van der Waals surface area contributed by atoms with E-state index in [1.807, 2.05) is 12.1 Å². The second-order valence-electron chi connectivity index (χ2n) is 6.23. The molecule has 2 rings (SSSR count). The van der Waals surface area contributed by atoms with Gasteiger partial charge in [0.25, 0.3) is 0 Å². The van der Waals surface area contributed by atoms with Gasteiger partial charge in [-0.1, -0.05) is 35.9 Å². The summed E-state index contributed by atoms with van der Waals surface area (Å²) < 4.78 is 0. The molecular weight excluding hydrogens is 387 g/mol. The van der Waals surface area contributed by atoms with Crippen molar-refractivity contribution in [2.45, 2.75) is 31.8 Å². The van der Waals surface area contributed by atoms with E-state index in [-0.39, 0.29) is 35.5 Å². The zero-order valence-corrected chi connectivity index (χ0v) is 16.4. The van der Waals surface area contributed by atoms with Crippen LogP contribution in [0.5, 0.6) is 5.75 Å². The molecule has 7 heteroatoms. The second kappa shape index (κ2) is 10.2. The first kappa shape index (κ1) is 21.1. The lowest BCUT2D eigenvalue weighted by Crippen LogP contribution is -2.31. The lowest BCUT2D eigenvalue weighted by molar-refractivity contribution is -0.120. The van der Waals surface area contributed by atoms with Gasteiger partial charge in [0.1, 0.15) is 11.6 Å². The summed E-state index contributed by atoms with van der Waals surface area (Å²) in [6, 6.07) is 13.4. The van der Waals surface area contributed by atoms with E-state index < -0.39 is 0 Å². The Balaban J connectivity index is 2.19. The third kappa shape index (κ3) is 6.77. The highest BCUT2D eigenvalue weighted by molar-refractivity contribution is 6.30. The average molecular weight is 409 g/mol. The van der Waals surface area contributed by atoms with Gasteiger partial charge in [0.2, 0.25) is 11.8 Å². The number of alkyl halides is 1. The summed E-state index contributed by atoms with van der Waals surface area (Å²) >= 11 is 11.7. The Labute approximate surface area is 168 Å². The van der Waals surface area contributed by atoms with Crippen LogP contribution < -0.4 is 10.6 Å². The fourth-order valence-corrected chi connectivity index (χ4v) is 3.16. The van der Waals surface area contributed by atoms with E-state index in [9.17, 15) is 14.7 Å². The molecule has 0 spiro atoms. The van der Waals surface area contributed by atoms with Crippen LogP contribution in [0.15, 0.2) is 48.5 Å². The summed E-state index contributed by atoms with van der Waals surface area (Å²) in [6.45, 7) is 1.46. The number of hydrogen-bond acceptors (Lipinski definition) is 3. The lowest BCUT2D eigenvalue weighted by atomic mass is 9.95. The van der Waals surface area contributed by atoms with E-state index in [1.54, 1.807) is 36.4 Å². The molecule has 144 valence electrons. The van der Waals surface area contributed by atoms with Crippen LogP contribution in [0, 0.1) is 0 Å². The first-order valence-corrected chi connectivity index (χ1v) is 9.47. The molecular formula is C20H22Cl2N2O3. The van der Waals surface area contributed by atoms with Crippen LogP contribution in [-0.2, 0) is 9.59 Å². The summed E-state index contributed by atoms with van der Waals surface area (Å²) in [5, 5.41) is 15.9. The number of carbonyl (C=O) groups excluding carboxylic acids is 2. The van der Waals surface area contributed by atoms with Crippen LogP contribution in [0.2, 0.25) is 5.02 Å². The van der Waals surface area contributed by atoms with Crippen LogP contribution >= 0.6 is 23.2 Å². The van der Waals surface area contributed by atoms with E-state index >= 15 is 0 Å². The topological polar surface area (TPSA) is 78.4 Å². The SMILES string of the molecule is CC(=O)NC(CCC(NC(=O)CCl)c1cccc(Cl)c1)c1ccc(O)cc1. The van der Waals surface area contributed by atoms with E-state index in [0.29, 0.717) is 17.9 Å². The van der Waals surface area contributed by atoms with Crippen molar-refractivity contribution in [2.24, 2.45) is 0 Å².